The van der Waals surface area contributed by atoms with Crippen LogP contribution in [-0.4, -0.2) is 48.9 Å². The summed E-state index contributed by atoms with van der Waals surface area (Å²) in [7, 11) is -2.14. The van der Waals surface area contributed by atoms with Crippen LogP contribution in [-0.2, 0) is 9.16 Å². The zero-order valence-electron chi connectivity index (χ0n) is 16.2. The number of hydrogen-bond acceptors (Lipinski definition) is 4. The van der Waals surface area contributed by atoms with Crippen LogP contribution in [0.3, 0.4) is 0 Å². The van der Waals surface area contributed by atoms with Gasteiger partial charge in [-0.25, -0.2) is 4.79 Å². The van der Waals surface area contributed by atoms with Gasteiger partial charge >= 0.3 is 6.09 Å². The van der Waals surface area contributed by atoms with Crippen molar-refractivity contribution in [2.24, 2.45) is 0 Å². The molecule has 23 heavy (non-hydrogen) atoms. The minimum absolute atomic E-state index is 0.00617. The number of aliphatic hydroxyl groups is 1. The van der Waals surface area contributed by atoms with E-state index in [1.54, 1.807) is 4.90 Å². The second-order valence-corrected chi connectivity index (χ2v) is 13.8. The zero-order chi connectivity index (χ0) is 18.1. The number of piperidine rings is 1. The van der Waals surface area contributed by atoms with Crippen molar-refractivity contribution in [1.29, 1.82) is 0 Å². The Morgan fingerprint density at radius 1 is 1.17 bits per heavy atom. The highest BCUT2D eigenvalue weighted by atomic mass is 28.4. The third-order valence-corrected chi connectivity index (χ3v) is 9.31. The zero-order valence-corrected chi connectivity index (χ0v) is 17.2. The Balaban J connectivity index is 3.10. The first-order valence-corrected chi connectivity index (χ1v) is 11.5. The van der Waals surface area contributed by atoms with Crippen molar-refractivity contribution in [2.45, 2.75) is 90.3 Å². The maximum Gasteiger partial charge on any atom is 0.412 e. The summed E-state index contributed by atoms with van der Waals surface area (Å²) in [5, 5.41) is 10.1. The summed E-state index contributed by atoms with van der Waals surface area (Å²) in [5.41, 5.74) is -1.52. The molecule has 0 aliphatic carbocycles. The molecule has 1 atom stereocenters. The van der Waals surface area contributed by atoms with Gasteiger partial charge in [0.25, 0.3) is 0 Å². The fourth-order valence-corrected chi connectivity index (χ4v) is 4.05. The molecule has 1 N–H and O–H groups in total. The molecule has 1 aliphatic rings. The van der Waals surface area contributed by atoms with Crippen LogP contribution in [0.4, 0.5) is 4.79 Å². The molecule has 0 aromatic carbocycles. The van der Waals surface area contributed by atoms with Gasteiger partial charge in [0.2, 0.25) is 0 Å². The van der Waals surface area contributed by atoms with E-state index in [9.17, 15) is 9.90 Å². The van der Waals surface area contributed by atoms with Crippen molar-refractivity contribution >= 4 is 14.4 Å². The topological polar surface area (TPSA) is 59.0 Å². The Morgan fingerprint density at radius 3 is 2.17 bits per heavy atom. The second kappa shape index (κ2) is 6.73. The van der Waals surface area contributed by atoms with E-state index < -0.39 is 25.7 Å². The normalized spacial score (nSPS) is 23.8. The summed E-state index contributed by atoms with van der Waals surface area (Å²) in [5.74, 6) is 0. The van der Waals surface area contributed by atoms with Crippen LogP contribution < -0.4 is 0 Å². The van der Waals surface area contributed by atoms with Crippen LogP contribution in [0.2, 0.25) is 18.1 Å². The molecule has 0 bridgehead atoms. The first kappa shape index (κ1) is 20.5. The molecule has 0 spiro atoms. The van der Waals surface area contributed by atoms with Gasteiger partial charge in [0.05, 0.1) is 6.61 Å². The van der Waals surface area contributed by atoms with Crippen molar-refractivity contribution in [3.8, 4) is 0 Å². The first-order valence-electron chi connectivity index (χ1n) is 8.56. The molecule has 0 aromatic heterocycles. The van der Waals surface area contributed by atoms with E-state index in [0.29, 0.717) is 13.0 Å². The van der Waals surface area contributed by atoms with Gasteiger partial charge in [0.1, 0.15) is 5.60 Å². The highest BCUT2D eigenvalue weighted by Gasteiger charge is 2.50. The lowest BCUT2D eigenvalue weighted by atomic mass is 9.99. The van der Waals surface area contributed by atoms with Crippen LogP contribution >= 0.6 is 0 Å². The van der Waals surface area contributed by atoms with Crippen molar-refractivity contribution in [3.05, 3.63) is 0 Å². The Morgan fingerprint density at radius 2 is 1.74 bits per heavy atom. The number of rotatable bonds is 3. The number of likely N-dealkylation sites (tertiary alicyclic amines) is 1. The molecule has 0 aromatic rings. The largest absolute Gasteiger partial charge is 0.444 e. The van der Waals surface area contributed by atoms with E-state index in [1.165, 1.54) is 0 Å². The molecule has 1 unspecified atom stereocenters. The van der Waals surface area contributed by atoms with E-state index in [-0.39, 0.29) is 11.6 Å². The molecule has 1 aliphatic heterocycles. The number of hydrogen-bond donors (Lipinski definition) is 1. The molecular formula is C17H35NO4Si. The van der Waals surface area contributed by atoms with Crippen LogP contribution in [0.15, 0.2) is 0 Å². The minimum Gasteiger partial charge on any atom is -0.444 e. The average molecular weight is 346 g/mol. The van der Waals surface area contributed by atoms with Gasteiger partial charge in [-0.15, -0.1) is 0 Å². The number of carbonyl (C=O) groups excluding carboxylic acids is 1. The summed E-state index contributed by atoms with van der Waals surface area (Å²) < 4.78 is 12.1. The van der Waals surface area contributed by atoms with Crippen molar-refractivity contribution in [3.63, 3.8) is 0 Å². The third-order valence-electron chi connectivity index (χ3n) is 4.80. The number of ether oxygens (including phenoxy) is 1. The molecule has 1 heterocycles. The molecule has 1 fully saturated rings. The summed E-state index contributed by atoms with van der Waals surface area (Å²) >= 11 is 0. The van der Waals surface area contributed by atoms with Crippen molar-refractivity contribution < 1.29 is 19.1 Å². The number of aliphatic hydroxyl groups excluding tert-OH is 1. The maximum absolute atomic E-state index is 12.7. The lowest BCUT2D eigenvalue weighted by Crippen LogP contribution is -2.64. The van der Waals surface area contributed by atoms with E-state index in [0.717, 1.165) is 12.8 Å². The molecule has 1 rings (SSSR count). The van der Waals surface area contributed by atoms with Gasteiger partial charge in [-0.1, -0.05) is 20.8 Å². The average Bonchev–Trinajstić information content (AvgIpc) is 2.35. The summed E-state index contributed by atoms with van der Waals surface area (Å²) in [4.78, 5) is 14.3. The van der Waals surface area contributed by atoms with Crippen molar-refractivity contribution in [1.82, 2.24) is 4.90 Å². The fraction of sp³-hybridized carbons (Fsp3) is 0.941. The Hall–Kier alpha value is -0.593. The molecule has 1 amide bonds. The van der Waals surface area contributed by atoms with Crippen LogP contribution in [0, 0.1) is 0 Å². The highest BCUT2D eigenvalue weighted by molar-refractivity contribution is 6.74. The predicted molar refractivity (Wildman–Crippen MR) is 94.9 cm³/mol. The number of carbonyl (C=O) groups is 1. The quantitative estimate of drug-likeness (QED) is 0.782. The highest BCUT2D eigenvalue weighted by Crippen LogP contribution is 2.42. The number of amides is 1. The summed E-state index contributed by atoms with van der Waals surface area (Å²) in [6.07, 6.45) is 2.09. The lowest BCUT2D eigenvalue weighted by molar-refractivity contribution is -0.140. The van der Waals surface area contributed by atoms with Crippen molar-refractivity contribution in [2.75, 3.05) is 13.2 Å². The van der Waals surface area contributed by atoms with Gasteiger partial charge in [-0.3, -0.25) is 4.90 Å². The van der Waals surface area contributed by atoms with Crippen LogP contribution in [0.25, 0.3) is 0 Å². The van der Waals surface area contributed by atoms with E-state index >= 15 is 0 Å². The van der Waals surface area contributed by atoms with Crippen LogP contribution in [0.1, 0.15) is 60.8 Å². The Labute approximate surface area is 142 Å². The smallest absolute Gasteiger partial charge is 0.412 e. The van der Waals surface area contributed by atoms with Gasteiger partial charge in [0.15, 0.2) is 14.0 Å². The molecule has 0 radical (unpaired) electrons. The van der Waals surface area contributed by atoms with E-state index in [2.05, 4.69) is 33.9 Å². The fourth-order valence-electron chi connectivity index (χ4n) is 2.52. The first-order chi connectivity index (χ1) is 10.2. The molecule has 6 heteroatoms. The van der Waals surface area contributed by atoms with Gasteiger partial charge < -0.3 is 14.3 Å². The third kappa shape index (κ3) is 4.94. The molecule has 0 saturated carbocycles. The van der Waals surface area contributed by atoms with E-state index in [4.69, 9.17) is 9.16 Å². The minimum atomic E-state index is -2.14. The summed E-state index contributed by atoms with van der Waals surface area (Å²) in [6.45, 7) is 16.7. The second-order valence-electron chi connectivity index (χ2n) is 9.06. The molecular weight excluding hydrogens is 310 g/mol. The molecule has 1 saturated heterocycles. The maximum atomic E-state index is 12.7. The van der Waals surface area contributed by atoms with E-state index in [1.807, 2.05) is 20.8 Å². The summed E-state index contributed by atoms with van der Waals surface area (Å²) in [6, 6.07) is 0. The lowest BCUT2D eigenvalue weighted by Gasteiger charge is -2.51. The predicted octanol–water partition coefficient (Wildman–Crippen LogP) is 4.12. The Bertz CT molecular complexity index is 425. The standard InChI is InChI=1S/C17H35NO4Si/c1-15(2,3)21-14(20)18-12-10-9-11-17(18,13-19)22-23(7,8)16(4,5)6/h19H,9-13H2,1-8H3. The monoisotopic (exact) mass is 345 g/mol. The molecule has 136 valence electrons. The van der Waals surface area contributed by atoms with Crippen LogP contribution in [0.5, 0.6) is 0 Å². The van der Waals surface area contributed by atoms with Gasteiger partial charge in [-0.05, 0) is 58.2 Å². The SMILES string of the molecule is CC(C)(C)OC(=O)N1CCCCC1(CO)O[Si](C)(C)C(C)(C)C. The number of nitrogens with zero attached hydrogens (tertiary/aromatic N) is 1. The van der Waals surface area contributed by atoms with Gasteiger partial charge in [-0.2, -0.15) is 0 Å². The Kier molecular flexibility index (Phi) is 5.98. The molecule has 5 nitrogen and oxygen atoms in total. The van der Waals surface area contributed by atoms with Gasteiger partial charge in [0, 0.05) is 6.54 Å².